The van der Waals surface area contributed by atoms with Crippen molar-refractivity contribution in [1.29, 1.82) is 0 Å². The smallest absolute Gasteiger partial charge is 0.421 e. The average Bonchev–Trinajstić information content (AvgIpc) is 2.75. The van der Waals surface area contributed by atoms with E-state index < -0.39 is 11.7 Å². The molecule has 0 saturated carbocycles. The van der Waals surface area contributed by atoms with Crippen LogP contribution in [0, 0.1) is 5.92 Å². The molecule has 2 N–H and O–H groups in total. The second-order valence-electron chi connectivity index (χ2n) is 8.19. The standard InChI is InChI=1S/C25H29F3N4O/c1-4-5-14-33-20-12-10-19(11-13-20)30-24-29-16-21(25(26,27)28)23(32-24)31-22-9-7-6-8-18(22)15-17(2)3/h6-13,16-17H,4-5,14-15H2,1-3H3,(H2,29,30,31,32). The molecule has 0 unspecified atom stereocenters. The van der Waals surface area contributed by atoms with Gasteiger partial charge in [0.05, 0.1) is 6.61 Å². The molecule has 1 aromatic heterocycles. The third-order valence-electron chi connectivity index (χ3n) is 4.87. The third kappa shape index (κ3) is 7.10. The molecular weight excluding hydrogens is 429 g/mol. The van der Waals surface area contributed by atoms with Crippen LogP contribution in [0.25, 0.3) is 0 Å². The summed E-state index contributed by atoms with van der Waals surface area (Å²) in [6, 6.07) is 14.4. The first kappa shape index (κ1) is 24.4. The quantitative estimate of drug-likeness (QED) is 0.311. The largest absolute Gasteiger partial charge is 0.494 e. The molecule has 0 radical (unpaired) electrons. The van der Waals surface area contributed by atoms with Gasteiger partial charge in [-0.1, -0.05) is 45.4 Å². The predicted octanol–water partition coefficient (Wildman–Crippen LogP) is 7.36. The fourth-order valence-electron chi connectivity index (χ4n) is 3.23. The summed E-state index contributed by atoms with van der Waals surface area (Å²) >= 11 is 0. The first-order valence-electron chi connectivity index (χ1n) is 11.0. The first-order chi connectivity index (χ1) is 15.8. The van der Waals surface area contributed by atoms with Crippen molar-refractivity contribution in [1.82, 2.24) is 9.97 Å². The van der Waals surface area contributed by atoms with Gasteiger partial charge in [0.1, 0.15) is 17.1 Å². The van der Waals surface area contributed by atoms with E-state index >= 15 is 0 Å². The van der Waals surface area contributed by atoms with Gasteiger partial charge in [0.2, 0.25) is 5.95 Å². The number of unbranched alkanes of at least 4 members (excludes halogenated alkanes) is 1. The van der Waals surface area contributed by atoms with Gasteiger partial charge in [0.15, 0.2) is 0 Å². The Hall–Kier alpha value is -3.29. The van der Waals surface area contributed by atoms with Crippen LogP contribution in [0.5, 0.6) is 5.75 Å². The Labute approximate surface area is 192 Å². The van der Waals surface area contributed by atoms with Crippen LogP contribution in [-0.2, 0) is 12.6 Å². The summed E-state index contributed by atoms with van der Waals surface area (Å²) in [5, 5.41) is 5.85. The van der Waals surface area contributed by atoms with Crippen molar-refractivity contribution < 1.29 is 17.9 Å². The number of alkyl halides is 3. The Kier molecular flexibility index (Phi) is 8.14. The van der Waals surface area contributed by atoms with E-state index in [1.54, 1.807) is 36.4 Å². The molecule has 0 atom stereocenters. The highest BCUT2D eigenvalue weighted by Gasteiger charge is 2.35. The van der Waals surface area contributed by atoms with Crippen LogP contribution in [0.15, 0.2) is 54.7 Å². The molecule has 3 aromatic rings. The van der Waals surface area contributed by atoms with E-state index in [0.717, 1.165) is 36.8 Å². The minimum Gasteiger partial charge on any atom is -0.494 e. The molecule has 1 heterocycles. The molecule has 0 aliphatic carbocycles. The van der Waals surface area contributed by atoms with Crippen molar-refractivity contribution in [2.45, 2.75) is 46.2 Å². The molecule has 0 bridgehead atoms. The number of ether oxygens (including phenoxy) is 1. The van der Waals surface area contributed by atoms with Crippen molar-refractivity contribution in [3.05, 3.63) is 65.9 Å². The molecule has 33 heavy (non-hydrogen) atoms. The molecule has 0 fully saturated rings. The summed E-state index contributed by atoms with van der Waals surface area (Å²) < 4.78 is 46.5. The Morgan fingerprint density at radius 3 is 2.39 bits per heavy atom. The van der Waals surface area contributed by atoms with Crippen molar-refractivity contribution in [2.75, 3.05) is 17.2 Å². The molecule has 5 nitrogen and oxygen atoms in total. The topological polar surface area (TPSA) is 59.1 Å². The summed E-state index contributed by atoms with van der Waals surface area (Å²) in [4.78, 5) is 8.03. The van der Waals surface area contributed by atoms with Crippen molar-refractivity contribution in [3.63, 3.8) is 0 Å². The van der Waals surface area contributed by atoms with Crippen LogP contribution in [0.3, 0.4) is 0 Å². The number of nitrogens with zero attached hydrogens (tertiary/aromatic N) is 2. The first-order valence-corrected chi connectivity index (χ1v) is 11.0. The molecular formula is C25H29F3N4O. The SMILES string of the molecule is CCCCOc1ccc(Nc2ncc(C(F)(F)F)c(Nc3ccccc3CC(C)C)n2)cc1. The Balaban J connectivity index is 1.84. The zero-order valence-corrected chi connectivity index (χ0v) is 19.0. The van der Waals surface area contributed by atoms with Crippen LogP contribution in [0.4, 0.5) is 36.3 Å². The van der Waals surface area contributed by atoms with E-state index in [-0.39, 0.29) is 11.8 Å². The maximum absolute atomic E-state index is 13.6. The van der Waals surface area contributed by atoms with Gasteiger partial charge >= 0.3 is 6.18 Å². The summed E-state index contributed by atoms with van der Waals surface area (Å²) in [5.41, 5.74) is 1.23. The Morgan fingerprint density at radius 2 is 1.73 bits per heavy atom. The van der Waals surface area contributed by atoms with Gasteiger partial charge in [-0.25, -0.2) is 4.98 Å². The predicted molar refractivity (Wildman–Crippen MR) is 125 cm³/mol. The number of para-hydroxylation sites is 1. The fourth-order valence-corrected chi connectivity index (χ4v) is 3.23. The van der Waals surface area contributed by atoms with Crippen LogP contribution in [0.1, 0.15) is 44.7 Å². The van der Waals surface area contributed by atoms with Gasteiger partial charge in [-0.15, -0.1) is 0 Å². The molecule has 3 rings (SSSR count). The summed E-state index contributed by atoms with van der Waals surface area (Å²) in [5.74, 6) is 0.847. The van der Waals surface area contributed by atoms with E-state index in [2.05, 4.69) is 41.4 Å². The van der Waals surface area contributed by atoms with Gasteiger partial charge in [-0.05, 0) is 54.7 Å². The molecule has 0 spiro atoms. The lowest BCUT2D eigenvalue weighted by atomic mass is 10.0. The zero-order valence-electron chi connectivity index (χ0n) is 19.0. The number of benzene rings is 2. The fraction of sp³-hybridized carbons (Fsp3) is 0.360. The van der Waals surface area contributed by atoms with Crippen molar-refractivity contribution >= 4 is 23.1 Å². The molecule has 0 saturated heterocycles. The second kappa shape index (κ2) is 11.0. The molecule has 0 aliphatic rings. The molecule has 0 aliphatic heterocycles. The highest BCUT2D eigenvalue weighted by Crippen LogP contribution is 2.36. The van der Waals surface area contributed by atoms with Gasteiger partial charge < -0.3 is 15.4 Å². The maximum Gasteiger partial charge on any atom is 0.421 e. The lowest BCUT2D eigenvalue weighted by Gasteiger charge is -2.17. The summed E-state index contributed by atoms with van der Waals surface area (Å²) in [6.07, 6.45) is -1.05. The molecule has 176 valence electrons. The normalized spacial score (nSPS) is 11.5. The van der Waals surface area contributed by atoms with Crippen molar-refractivity contribution in [3.8, 4) is 5.75 Å². The number of hydrogen-bond donors (Lipinski definition) is 2. The monoisotopic (exact) mass is 458 g/mol. The third-order valence-corrected chi connectivity index (χ3v) is 4.87. The molecule has 0 amide bonds. The Morgan fingerprint density at radius 1 is 1.00 bits per heavy atom. The average molecular weight is 459 g/mol. The summed E-state index contributed by atoms with van der Waals surface area (Å²) in [7, 11) is 0. The molecule has 8 heteroatoms. The van der Waals surface area contributed by atoms with Crippen LogP contribution in [0.2, 0.25) is 0 Å². The minimum absolute atomic E-state index is 0.0616. The number of rotatable bonds is 10. The van der Waals surface area contributed by atoms with E-state index in [0.29, 0.717) is 23.9 Å². The number of halogens is 3. The van der Waals surface area contributed by atoms with Gasteiger partial charge in [-0.3, -0.25) is 0 Å². The minimum atomic E-state index is -4.59. The van der Waals surface area contributed by atoms with Crippen LogP contribution >= 0.6 is 0 Å². The number of anilines is 4. The van der Waals surface area contributed by atoms with Gasteiger partial charge in [0.25, 0.3) is 0 Å². The second-order valence-corrected chi connectivity index (χ2v) is 8.19. The van der Waals surface area contributed by atoms with Gasteiger partial charge in [0, 0.05) is 17.6 Å². The van der Waals surface area contributed by atoms with Crippen molar-refractivity contribution in [2.24, 2.45) is 5.92 Å². The highest BCUT2D eigenvalue weighted by atomic mass is 19.4. The molecule has 2 aromatic carbocycles. The van der Waals surface area contributed by atoms with Crippen LogP contribution in [-0.4, -0.2) is 16.6 Å². The zero-order chi connectivity index (χ0) is 23.8. The Bertz CT molecular complexity index is 1040. The lowest BCUT2D eigenvalue weighted by Crippen LogP contribution is -2.13. The number of nitrogens with one attached hydrogen (secondary N) is 2. The van der Waals surface area contributed by atoms with E-state index in [1.807, 2.05) is 12.1 Å². The number of hydrogen-bond acceptors (Lipinski definition) is 5. The highest BCUT2D eigenvalue weighted by molar-refractivity contribution is 5.65. The van der Waals surface area contributed by atoms with E-state index in [4.69, 9.17) is 4.74 Å². The van der Waals surface area contributed by atoms with Crippen LogP contribution < -0.4 is 15.4 Å². The number of aromatic nitrogens is 2. The summed E-state index contributed by atoms with van der Waals surface area (Å²) in [6.45, 7) is 6.85. The lowest BCUT2D eigenvalue weighted by molar-refractivity contribution is -0.137. The van der Waals surface area contributed by atoms with E-state index in [9.17, 15) is 13.2 Å². The van der Waals surface area contributed by atoms with E-state index in [1.165, 1.54) is 0 Å². The maximum atomic E-state index is 13.6. The van der Waals surface area contributed by atoms with Gasteiger partial charge in [-0.2, -0.15) is 18.2 Å².